The van der Waals surface area contributed by atoms with E-state index in [1.54, 1.807) is 6.92 Å². The van der Waals surface area contributed by atoms with Crippen molar-refractivity contribution in [3.05, 3.63) is 0 Å². The van der Waals surface area contributed by atoms with Gasteiger partial charge in [-0.3, -0.25) is 9.59 Å². The van der Waals surface area contributed by atoms with Gasteiger partial charge >= 0.3 is 0 Å². The van der Waals surface area contributed by atoms with Crippen molar-refractivity contribution in [3.63, 3.8) is 0 Å². The maximum absolute atomic E-state index is 11.7. The molecule has 3 heteroatoms. The molecule has 1 N–H and O–H groups in total. The molecule has 0 aromatic rings. The summed E-state index contributed by atoms with van der Waals surface area (Å²) in [6.07, 6.45) is 0.830. The Morgan fingerprint density at radius 1 is 1.19 bits per heavy atom. The van der Waals surface area contributed by atoms with Crippen LogP contribution in [0.3, 0.4) is 0 Å². The number of ketones is 2. The Balaban J connectivity index is 3.89. The molecule has 0 bridgehead atoms. The van der Waals surface area contributed by atoms with Crippen molar-refractivity contribution < 1.29 is 9.59 Å². The number of hydrogen-bond donors (Lipinski definition) is 1. The van der Waals surface area contributed by atoms with Crippen LogP contribution in [0.5, 0.6) is 0 Å². The molecule has 0 fully saturated rings. The van der Waals surface area contributed by atoms with Crippen LogP contribution in [0.2, 0.25) is 0 Å². The fraction of sp³-hybridized carbons (Fsp3) is 0.846. The summed E-state index contributed by atoms with van der Waals surface area (Å²) in [7, 11) is 0. The van der Waals surface area contributed by atoms with E-state index in [0.717, 1.165) is 6.42 Å². The first-order valence-electron chi connectivity index (χ1n) is 6.14. The zero-order valence-corrected chi connectivity index (χ0v) is 11.2. The Kier molecular flexibility index (Phi) is 7.22. The number of carbonyl (C=O) groups is 2. The Labute approximate surface area is 99.0 Å². The lowest BCUT2D eigenvalue weighted by molar-refractivity contribution is -0.123. The lowest BCUT2D eigenvalue weighted by Gasteiger charge is -2.16. The van der Waals surface area contributed by atoms with Crippen molar-refractivity contribution >= 4 is 11.6 Å². The Bertz CT molecular complexity index is 236. The van der Waals surface area contributed by atoms with Gasteiger partial charge in [0.1, 0.15) is 11.6 Å². The van der Waals surface area contributed by atoms with Crippen LogP contribution in [0, 0.1) is 17.8 Å². The number of nitrogens with one attached hydrogen (secondary N) is 1. The Morgan fingerprint density at radius 3 is 2.12 bits per heavy atom. The predicted octanol–water partition coefficient (Wildman–Crippen LogP) is 2.05. The first-order chi connectivity index (χ1) is 7.40. The molecule has 0 aliphatic heterocycles. The number of Topliss-reactive ketones (excluding diaryl/α,β-unsaturated/α-hetero) is 2. The molecule has 0 heterocycles. The Hall–Kier alpha value is -0.700. The van der Waals surface area contributed by atoms with Gasteiger partial charge in [-0.1, -0.05) is 27.7 Å². The van der Waals surface area contributed by atoms with Crippen molar-refractivity contribution in [2.24, 2.45) is 17.8 Å². The zero-order chi connectivity index (χ0) is 12.7. The minimum Gasteiger partial charge on any atom is -0.309 e. The summed E-state index contributed by atoms with van der Waals surface area (Å²) in [6.45, 7) is 10.6. The number of hydrogen-bond acceptors (Lipinski definition) is 3. The second kappa shape index (κ2) is 7.55. The van der Waals surface area contributed by atoms with Gasteiger partial charge in [0.25, 0.3) is 0 Å². The van der Waals surface area contributed by atoms with Crippen molar-refractivity contribution in [2.75, 3.05) is 13.1 Å². The van der Waals surface area contributed by atoms with Gasteiger partial charge in [0.2, 0.25) is 0 Å². The molecule has 0 aromatic carbocycles. The third kappa shape index (κ3) is 5.40. The van der Waals surface area contributed by atoms with Gasteiger partial charge in [0, 0.05) is 18.4 Å². The van der Waals surface area contributed by atoms with Crippen molar-refractivity contribution in [1.29, 1.82) is 0 Å². The normalized spacial score (nSPS) is 14.9. The fourth-order valence-corrected chi connectivity index (χ4v) is 1.48. The van der Waals surface area contributed by atoms with Gasteiger partial charge in [-0.2, -0.15) is 0 Å². The summed E-state index contributed by atoms with van der Waals surface area (Å²) in [6, 6.07) is 0. The average molecular weight is 227 g/mol. The van der Waals surface area contributed by atoms with E-state index < -0.39 is 0 Å². The minimum absolute atomic E-state index is 0.0437. The van der Waals surface area contributed by atoms with Crippen molar-refractivity contribution in [3.8, 4) is 0 Å². The van der Waals surface area contributed by atoms with E-state index in [0.29, 0.717) is 19.0 Å². The lowest BCUT2D eigenvalue weighted by atomic mass is 9.93. The summed E-state index contributed by atoms with van der Waals surface area (Å²) >= 11 is 0. The summed E-state index contributed by atoms with van der Waals surface area (Å²) < 4.78 is 0. The summed E-state index contributed by atoms with van der Waals surface area (Å²) in [4.78, 5) is 22.8. The third-order valence-corrected chi connectivity index (χ3v) is 3.27. The van der Waals surface area contributed by atoms with Crippen LogP contribution in [0.1, 0.15) is 41.0 Å². The minimum atomic E-state index is 0.0437. The van der Waals surface area contributed by atoms with Crippen LogP contribution >= 0.6 is 0 Å². The number of rotatable bonds is 8. The first-order valence-corrected chi connectivity index (χ1v) is 6.14. The highest BCUT2D eigenvalue weighted by atomic mass is 16.1. The average Bonchev–Trinajstić information content (AvgIpc) is 2.22. The van der Waals surface area contributed by atoms with Crippen molar-refractivity contribution in [1.82, 2.24) is 5.32 Å². The first kappa shape index (κ1) is 15.3. The van der Waals surface area contributed by atoms with Gasteiger partial charge in [0.15, 0.2) is 0 Å². The molecule has 2 atom stereocenters. The smallest absolute Gasteiger partial charge is 0.149 e. The van der Waals surface area contributed by atoms with Crippen LogP contribution in [-0.4, -0.2) is 24.7 Å². The molecule has 0 radical (unpaired) electrons. The maximum atomic E-state index is 11.7. The van der Waals surface area contributed by atoms with E-state index in [2.05, 4.69) is 5.32 Å². The summed E-state index contributed by atoms with van der Waals surface area (Å²) in [5.41, 5.74) is 0. The van der Waals surface area contributed by atoms with Gasteiger partial charge in [0.05, 0.1) is 6.54 Å². The maximum Gasteiger partial charge on any atom is 0.149 e. The highest BCUT2D eigenvalue weighted by molar-refractivity contribution is 5.83. The van der Waals surface area contributed by atoms with Crippen LogP contribution in [-0.2, 0) is 9.59 Å². The molecular formula is C13H25NO2. The van der Waals surface area contributed by atoms with Gasteiger partial charge in [-0.15, -0.1) is 0 Å². The van der Waals surface area contributed by atoms with E-state index in [-0.39, 0.29) is 23.4 Å². The quantitative estimate of drug-likeness (QED) is 0.690. The fourth-order valence-electron chi connectivity index (χ4n) is 1.48. The molecule has 0 aromatic heterocycles. The lowest BCUT2D eigenvalue weighted by Crippen LogP contribution is -2.34. The topological polar surface area (TPSA) is 46.2 Å². The molecule has 0 saturated carbocycles. The van der Waals surface area contributed by atoms with E-state index in [9.17, 15) is 9.59 Å². The van der Waals surface area contributed by atoms with Crippen LogP contribution in [0.4, 0.5) is 0 Å². The molecule has 16 heavy (non-hydrogen) atoms. The van der Waals surface area contributed by atoms with E-state index in [4.69, 9.17) is 0 Å². The highest BCUT2D eigenvalue weighted by Gasteiger charge is 2.17. The predicted molar refractivity (Wildman–Crippen MR) is 66.3 cm³/mol. The molecule has 0 amide bonds. The third-order valence-electron chi connectivity index (χ3n) is 3.27. The largest absolute Gasteiger partial charge is 0.309 e. The van der Waals surface area contributed by atoms with Crippen LogP contribution in [0.15, 0.2) is 0 Å². The zero-order valence-electron chi connectivity index (χ0n) is 11.2. The second-order valence-electron chi connectivity index (χ2n) is 4.85. The highest BCUT2D eigenvalue weighted by Crippen LogP contribution is 2.10. The summed E-state index contributed by atoms with van der Waals surface area (Å²) in [5.74, 6) is 0.934. The van der Waals surface area contributed by atoms with E-state index >= 15 is 0 Å². The molecule has 0 rings (SSSR count). The molecule has 2 unspecified atom stereocenters. The molecule has 0 aliphatic carbocycles. The standard InChI is InChI=1S/C13H25NO2/c1-6-12(11(5)15)7-14-8-13(16)10(4)9(2)3/h9-10,12,14H,6-8H2,1-5H3. The molecule has 0 spiro atoms. The molecular weight excluding hydrogens is 202 g/mol. The van der Waals surface area contributed by atoms with Crippen LogP contribution < -0.4 is 5.32 Å². The summed E-state index contributed by atoms with van der Waals surface area (Å²) in [5, 5.41) is 3.08. The van der Waals surface area contributed by atoms with Crippen LogP contribution in [0.25, 0.3) is 0 Å². The van der Waals surface area contributed by atoms with Crippen molar-refractivity contribution in [2.45, 2.75) is 41.0 Å². The van der Waals surface area contributed by atoms with E-state index in [1.807, 2.05) is 27.7 Å². The Morgan fingerprint density at radius 2 is 1.75 bits per heavy atom. The number of carbonyl (C=O) groups excluding carboxylic acids is 2. The molecule has 0 aliphatic rings. The van der Waals surface area contributed by atoms with Gasteiger partial charge in [-0.05, 0) is 19.3 Å². The molecule has 94 valence electrons. The molecule has 0 saturated heterocycles. The van der Waals surface area contributed by atoms with Gasteiger partial charge < -0.3 is 5.32 Å². The van der Waals surface area contributed by atoms with E-state index in [1.165, 1.54) is 0 Å². The SMILES string of the molecule is CCC(CNCC(=O)C(C)C(C)C)C(C)=O. The second-order valence-corrected chi connectivity index (χ2v) is 4.85. The molecule has 3 nitrogen and oxygen atoms in total. The van der Waals surface area contributed by atoms with Gasteiger partial charge in [-0.25, -0.2) is 0 Å². The monoisotopic (exact) mass is 227 g/mol.